The maximum atomic E-state index is 12.4. The molecule has 128 valence electrons. The Morgan fingerprint density at radius 1 is 1.08 bits per heavy atom. The van der Waals surface area contributed by atoms with Crippen LogP contribution in [-0.2, 0) is 17.8 Å². The topological polar surface area (TPSA) is 76.7 Å². The van der Waals surface area contributed by atoms with Gasteiger partial charge in [-0.15, -0.1) is 0 Å². The normalized spacial score (nSPS) is 15.1. The zero-order valence-corrected chi connectivity index (χ0v) is 13.6. The first-order chi connectivity index (χ1) is 12.2. The van der Waals surface area contributed by atoms with Gasteiger partial charge >= 0.3 is 0 Å². The number of rotatable bonds is 3. The fourth-order valence-electron chi connectivity index (χ4n) is 3.05. The Hall–Kier alpha value is -3.02. The van der Waals surface area contributed by atoms with Gasteiger partial charge in [0.05, 0.1) is 0 Å². The van der Waals surface area contributed by atoms with Crippen LogP contribution in [0.25, 0.3) is 0 Å². The summed E-state index contributed by atoms with van der Waals surface area (Å²) in [6, 6.07) is 11.0. The van der Waals surface area contributed by atoms with E-state index in [-0.39, 0.29) is 18.6 Å². The molecular weight excluding hydrogens is 320 g/mol. The van der Waals surface area contributed by atoms with E-state index in [1.165, 1.54) is 0 Å². The van der Waals surface area contributed by atoms with Crippen molar-refractivity contribution in [2.75, 3.05) is 12.1 Å². The Bertz CT molecular complexity index is 847. The molecule has 2 aliphatic rings. The lowest BCUT2D eigenvalue weighted by atomic mass is 10.0. The van der Waals surface area contributed by atoms with Crippen molar-refractivity contribution in [3.05, 3.63) is 53.1 Å². The average Bonchev–Trinajstić information content (AvgIpc) is 3.00. The van der Waals surface area contributed by atoms with Crippen LogP contribution in [0, 0.1) is 0 Å². The van der Waals surface area contributed by atoms with E-state index in [1.807, 2.05) is 24.3 Å². The fraction of sp³-hybridized carbons (Fsp3) is 0.263. The van der Waals surface area contributed by atoms with E-state index in [1.54, 1.807) is 12.1 Å². The second kappa shape index (κ2) is 6.47. The number of carbonyl (C=O) groups is 2. The number of ether oxygens (including phenoxy) is 2. The van der Waals surface area contributed by atoms with Gasteiger partial charge in [-0.3, -0.25) is 9.59 Å². The molecule has 6 nitrogen and oxygen atoms in total. The Balaban J connectivity index is 1.44. The van der Waals surface area contributed by atoms with Crippen molar-refractivity contribution in [1.82, 2.24) is 5.32 Å². The molecule has 2 amide bonds. The number of aryl methyl sites for hydroxylation is 1. The third-order valence-electron chi connectivity index (χ3n) is 4.38. The summed E-state index contributed by atoms with van der Waals surface area (Å²) in [7, 11) is 0. The predicted molar refractivity (Wildman–Crippen MR) is 91.7 cm³/mol. The van der Waals surface area contributed by atoms with Gasteiger partial charge in [-0.2, -0.15) is 0 Å². The van der Waals surface area contributed by atoms with Crippen LogP contribution in [0.3, 0.4) is 0 Å². The second-order valence-electron chi connectivity index (χ2n) is 6.14. The number of carbonyl (C=O) groups excluding carboxylic acids is 2. The number of hydrogen-bond donors (Lipinski definition) is 2. The summed E-state index contributed by atoms with van der Waals surface area (Å²) < 4.78 is 10.6. The van der Waals surface area contributed by atoms with Crippen molar-refractivity contribution in [3.8, 4) is 11.5 Å². The number of nitrogens with one attached hydrogen (secondary N) is 2. The van der Waals surface area contributed by atoms with Crippen molar-refractivity contribution in [3.63, 3.8) is 0 Å². The van der Waals surface area contributed by atoms with Gasteiger partial charge in [0.25, 0.3) is 5.91 Å². The van der Waals surface area contributed by atoms with E-state index < -0.39 is 0 Å². The molecule has 0 unspecified atom stereocenters. The number of benzene rings is 2. The maximum Gasteiger partial charge on any atom is 0.251 e. The first-order valence-electron chi connectivity index (χ1n) is 8.28. The van der Waals surface area contributed by atoms with Crippen LogP contribution in [0.15, 0.2) is 36.4 Å². The van der Waals surface area contributed by atoms with Crippen molar-refractivity contribution in [1.29, 1.82) is 0 Å². The lowest BCUT2D eigenvalue weighted by molar-refractivity contribution is -0.116. The molecule has 4 rings (SSSR count). The van der Waals surface area contributed by atoms with Crippen LogP contribution < -0.4 is 20.1 Å². The summed E-state index contributed by atoms with van der Waals surface area (Å²) in [5, 5.41) is 5.79. The lowest BCUT2D eigenvalue weighted by Crippen LogP contribution is -2.23. The molecule has 2 aromatic rings. The molecule has 0 radical (unpaired) electrons. The summed E-state index contributed by atoms with van der Waals surface area (Å²) in [5.41, 5.74) is 3.34. The molecule has 2 aromatic carbocycles. The van der Waals surface area contributed by atoms with Gasteiger partial charge in [-0.25, -0.2) is 0 Å². The van der Waals surface area contributed by atoms with Gasteiger partial charge in [-0.1, -0.05) is 6.07 Å². The second-order valence-corrected chi connectivity index (χ2v) is 6.14. The van der Waals surface area contributed by atoms with Gasteiger partial charge in [0.2, 0.25) is 12.7 Å². The molecule has 0 aromatic heterocycles. The highest BCUT2D eigenvalue weighted by molar-refractivity contribution is 5.97. The largest absolute Gasteiger partial charge is 0.454 e. The molecule has 2 aliphatic heterocycles. The Morgan fingerprint density at radius 2 is 1.96 bits per heavy atom. The van der Waals surface area contributed by atoms with Crippen molar-refractivity contribution in [2.45, 2.75) is 25.8 Å². The van der Waals surface area contributed by atoms with E-state index in [4.69, 9.17) is 9.47 Å². The van der Waals surface area contributed by atoms with Gasteiger partial charge < -0.3 is 20.1 Å². The first kappa shape index (κ1) is 15.5. The summed E-state index contributed by atoms with van der Waals surface area (Å²) in [6.45, 7) is 0.639. The van der Waals surface area contributed by atoms with Crippen LogP contribution in [0.4, 0.5) is 5.69 Å². The van der Waals surface area contributed by atoms with Crippen LogP contribution in [0.2, 0.25) is 0 Å². The van der Waals surface area contributed by atoms with E-state index >= 15 is 0 Å². The van der Waals surface area contributed by atoms with Crippen LogP contribution in [0.5, 0.6) is 11.5 Å². The van der Waals surface area contributed by atoms with Gasteiger partial charge in [0.1, 0.15) is 0 Å². The van der Waals surface area contributed by atoms with Gasteiger partial charge in [-0.05, 0) is 54.3 Å². The predicted octanol–water partition coefficient (Wildman–Crippen LogP) is 2.62. The SMILES string of the molecule is O=C1CCCc2cc(C(=O)NCc3ccc4c(c3)OCO4)ccc2N1. The number of anilines is 1. The van der Waals surface area contributed by atoms with Crippen molar-refractivity contribution >= 4 is 17.5 Å². The summed E-state index contributed by atoms with van der Waals surface area (Å²) in [6.07, 6.45) is 2.10. The zero-order valence-electron chi connectivity index (χ0n) is 13.6. The molecular formula is C19H18N2O4. The molecule has 0 aliphatic carbocycles. The Morgan fingerprint density at radius 3 is 2.88 bits per heavy atom. The Labute approximate surface area is 145 Å². The molecule has 0 atom stereocenters. The first-order valence-corrected chi connectivity index (χ1v) is 8.28. The third-order valence-corrected chi connectivity index (χ3v) is 4.38. The molecule has 0 bridgehead atoms. The van der Waals surface area contributed by atoms with Crippen LogP contribution in [0.1, 0.15) is 34.3 Å². The van der Waals surface area contributed by atoms with Gasteiger partial charge in [0, 0.05) is 24.2 Å². The molecule has 25 heavy (non-hydrogen) atoms. The highest BCUT2D eigenvalue weighted by Gasteiger charge is 2.16. The highest BCUT2D eigenvalue weighted by Crippen LogP contribution is 2.32. The van der Waals surface area contributed by atoms with Crippen LogP contribution in [-0.4, -0.2) is 18.6 Å². The Kier molecular flexibility index (Phi) is 4.01. The lowest BCUT2D eigenvalue weighted by Gasteiger charge is -2.10. The minimum Gasteiger partial charge on any atom is -0.454 e. The van der Waals surface area contributed by atoms with Crippen LogP contribution >= 0.6 is 0 Å². The minimum atomic E-state index is -0.143. The summed E-state index contributed by atoms with van der Waals surface area (Å²) >= 11 is 0. The van der Waals surface area contributed by atoms with E-state index in [0.29, 0.717) is 24.3 Å². The molecule has 0 saturated heterocycles. The van der Waals surface area contributed by atoms with Crippen molar-refractivity contribution < 1.29 is 19.1 Å². The smallest absolute Gasteiger partial charge is 0.251 e. The van der Waals surface area contributed by atoms with Crippen molar-refractivity contribution in [2.24, 2.45) is 0 Å². The molecule has 2 N–H and O–H groups in total. The zero-order chi connectivity index (χ0) is 17.2. The monoisotopic (exact) mass is 338 g/mol. The number of amides is 2. The van der Waals surface area contributed by atoms with E-state index in [0.717, 1.165) is 35.4 Å². The standard InChI is InChI=1S/C19H18N2O4/c22-18-3-1-2-13-9-14(5-6-15(13)21-18)19(23)20-10-12-4-7-16-17(8-12)25-11-24-16/h4-9H,1-3,10-11H2,(H,20,23)(H,21,22). The summed E-state index contributed by atoms with van der Waals surface area (Å²) in [4.78, 5) is 24.0. The van der Waals surface area contributed by atoms with E-state index in [9.17, 15) is 9.59 Å². The number of fused-ring (bicyclic) bond motifs is 2. The fourth-order valence-corrected chi connectivity index (χ4v) is 3.05. The molecule has 0 fully saturated rings. The molecule has 2 heterocycles. The highest BCUT2D eigenvalue weighted by atomic mass is 16.7. The summed E-state index contributed by atoms with van der Waals surface area (Å²) in [5.74, 6) is 1.31. The molecule has 6 heteroatoms. The molecule has 0 saturated carbocycles. The minimum absolute atomic E-state index is 0.0266. The molecule has 0 spiro atoms. The van der Waals surface area contributed by atoms with E-state index in [2.05, 4.69) is 10.6 Å². The maximum absolute atomic E-state index is 12.4. The number of hydrogen-bond acceptors (Lipinski definition) is 4. The third kappa shape index (κ3) is 3.28. The van der Waals surface area contributed by atoms with Gasteiger partial charge in [0.15, 0.2) is 11.5 Å². The quantitative estimate of drug-likeness (QED) is 0.902. The average molecular weight is 338 g/mol.